The fourth-order valence-electron chi connectivity index (χ4n) is 2.48. The van der Waals surface area contributed by atoms with Crippen molar-refractivity contribution in [3.63, 3.8) is 0 Å². The van der Waals surface area contributed by atoms with Gasteiger partial charge in [0.05, 0.1) is 12.0 Å². The molecule has 1 amide bonds. The number of rotatable bonds is 5. The number of carbonyl (C=O) groups is 2. The number of halogens is 2. The van der Waals surface area contributed by atoms with Gasteiger partial charge in [-0.2, -0.15) is 0 Å². The minimum absolute atomic E-state index is 0. The van der Waals surface area contributed by atoms with Crippen molar-refractivity contribution in [2.24, 2.45) is 5.92 Å². The first kappa shape index (κ1) is 18.7. The summed E-state index contributed by atoms with van der Waals surface area (Å²) in [5.41, 5.74) is 0.865. The van der Waals surface area contributed by atoms with Crippen LogP contribution in [-0.4, -0.2) is 41.0 Å². The molecule has 5 nitrogen and oxygen atoms in total. The lowest BCUT2D eigenvalue weighted by molar-refractivity contribution is -0.141. The highest BCUT2D eigenvalue weighted by Gasteiger charge is 2.32. The molecular weight excluding hydrogens is 327 g/mol. The van der Waals surface area contributed by atoms with Crippen molar-refractivity contribution in [2.45, 2.75) is 25.9 Å². The van der Waals surface area contributed by atoms with Crippen LogP contribution in [0, 0.1) is 5.92 Å². The van der Waals surface area contributed by atoms with E-state index in [1.54, 1.807) is 13.0 Å². The van der Waals surface area contributed by atoms with Crippen LogP contribution in [0.3, 0.4) is 0 Å². The van der Waals surface area contributed by atoms with Gasteiger partial charge >= 0.3 is 5.97 Å². The summed E-state index contributed by atoms with van der Waals surface area (Å²) in [6.45, 7) is 3.23. The molecule has 0 bridgehead atoms. The average Bonchev–Trinajstić information content (AvgIpc) is 2.95. The Morgan fingerprint density at radius 1 is 1.45 bits per heavy atom. The van der Waals surface area contributed by atoms with Crippen molar-refractivity contribution in [1.82, 2.24) is 10.2 Å². The molecule has 0 aromatic heterocycles. The van der Waals surface area contributed by atoms with Gasteiger partial charge < -0.3 is 10.4 Å². The third kappa shape index (κ3) is 4.60. The van der Waals surface area contributed by atoms with E-state index in [1.165, 1.54) is 0 Å². The number of carboxylic acid groups (broad SMARTS) is 1. The van der Waals surface area contributed by atoms with E-state index in [9.17, 15) is 9.59 Å². The molecule has 0 aliphatic carbocycles. The van der Waals surface area contributed by atoms with E-state index in [0.717, 1.165) is 5.56 Å². The van der Waals surface area contributed by atoms with Crippen LogP contribution in [0.5, 0.6) is 0 Å². The molecule has 2 atom stereocenters. The maximum Gasteiger partial charge on any atom is 0.307 e. The standard InChI is InChI=1S/C15H19ClN2O3.ClH/c1-10(18-7-6-12(9-18)15(20)21)14(19)17-8-11-4-2-3-5-13(11)16;/h2-5,10,12H,6-9H2,1H3,(H,17,19)(H,20,21);1H. The predicted octanol–water partition coefficient (Wildman–Crippen LogP) is 2.17. The molecule has 2 unspecified atom stereocenters. The van der Waals surface area contributed by atoms with Crippen LogP contribution in [0.15, 0.2) is 24.3 Å². The second-order valence-electron chi connectivity index (χ2n) is 5.30. The molecule has 1 saturated heterocycles. The molecule has 0 spiro atoms. The first-order chi connectivity index (χ1) is 9.99. The zero-order valence-corrected chi connectivity index (χ0v) is 13.9. The van der Waals surface area contributed by atoms with Crippen molar-refractivity contribution in [1.29, 1.82) is 0 Å². The third-order valence-corrected chi connectivity index (χ3v) is 4.28. The Labute approximate surface area is 141 Å². The summed E-state index contributed by atoms with van der Waals surface area (Å²) in [5.74, 6) is -1.27. The highest BCUT2D eigenvalue weighted by Crippen LogP contribution is 2.19. The van der Waals surface area contributed by atoms with Crippen LogP contribution in [0.4, 0.5) is 0 Å². The van der Waals surface area contributed by atoms with Gasteiger partial charge in [-0.1, -0.05) is 29.8 Å². The topological polar surface area (TPSA) is 69.6 Å². The van der Waals surface area contributed by atoms with Gasteiger partial charge in [0.15, 0.2) is 0 Å². The number of carboxylic acids is 1. The molecular formula is C15H20Cl2N2O3. The lowest BCUT2D eigenvalue weighted by Gasteiger charge is -2.23. The number of carbonyl (C=O) groups excluding carboxylic acids is 1. The van der Waals surface area contributed by atoms with E-state index < -0.39 is 5.97 Å². The molecule has 1 aromatic carbocycles. The maximum atomic E-state index is 12.1. The highest BCUT2D eigenvalue weighted by molar-refractivity contribution is 6.31. The fraction of sp³-hybridized carbons (Fsp3) is 0.467. The number of amides is 1. The summed E-state index contributed by atoms with van der Waals surface area (Å²) < 4.78 is 0. The molecule has 1 aromatic rings. The Morgan fingerprint density at radius 2 is 2.14 bits per heavy atom. The molecule has 2 N–H and O–H groups in total. The molecule has 122 valence electrons. The van der Waals surface area contributed by atoms with Crippen LogP contribution in [0.1, 0.15) is 18.9 Å². The van der Waals surface area contributed by atoms with Crippen molar-refractivity contribution >= 4 is 35.9 Å². The van der Waals surface area contributed by atoms with Crippen molar-refractivity contribution in [2.75, 3.05) is 13.1 Å². The number of hydrogen-bond donors (Lipinski definition) is 2. The van der Waals surface area contributed by atoms with Gasteiger partial charge in [-0.05, 0) is 31.5 Å². The molecule has 1 aliphatic heterocycles. The third-order valence-electron chi connectivity index (χ3n) is 3.91. The molecule has 1 fully saturated rings. The summed E-state index contributed by atoms with van der Waals surface area (Å²) in [6.07, 6.45) is 0.595. The number of nitrogens with zero attached hydrogens (tertiary/aromatic N) is 1. The van der Waals surface area contributed by atoms with Crippen molar-refractivity contribution < 1.29 is 14.7 Å². The van der Waals surface area contributed by atoms with Crippen LogP contribution in [0.25, 0.3) is 0 Å². The summed E-state index contributed by atoms with van der Waals surface area (Å²) >= 11 is 6.04. The summed E-state index contributed by atoms with van der Waals surface area (Å²) in [6, 6.07) is 7.02. The maximum absolute atomic E-state index is 12.1. The molecule has 2 rings (SSSR count). The van der Waals surface area contributed by atoms with E-state index in [-0.39, 0.29) is 30.3 Å². The van der Waals surface area contributed by atoms with Crippen molar-refractivity contribution in [3.8, 4) is 0 Å². The Balaban J connectivity index is 0.00000242. The monoisotopic (exact) mass is 346 g/mol. The Kier molecular flexibility index (Phi) is 7.13. The van der Waals surface area contributed by atoms with E-state index in [4.69, 9.17) is 16.7 Å². The Bertz CT molecular complexity index is 539. The molecule has 1 aliphatic rings. The van der Waals surface area contributed by atoms with E-state index >= 15 is 0 Å². The van der Waals surface area contributed by atoms with Crippen LogP contribution in [0.2, 0.25) is 5.02 Å². The Hall–Kier alpha value is -1.30. The van der Waals surface area contributed by atoms with Crippen LogP contribution < -0.4 is 5.32 Å². The second-order valence-corrected chi connectivity index (χ2v) is 5.71. The molecule has 0 saturated carbocycles. The molecule has 7 heteroatoms. The molecule has 22 heavy (non-hydrogen) atoms. The Morgan fingerprint density at radius 3 is 2.73 bits per heavy atom. The molecule has 1 heterocycles. The predicted molar refractivity (Wildman–Crippen MR) is 87.3 cm³/mol. The van der Waals surface area contributed by atoms with Crippen molar-refractivity contribution in [3.05, 3.63) is 34.9 Å². The minimum atomic E-state index is -0.791. The second kappa shape index (κ2) is 8.36. The zero-order chi connectivity index (χ0) is 15.4. The van der Waals surface area contributed by atoms with E-state index in [1.807, 2.05) is 23.1 Å². The zero-order valence-electron chi connectivity index (χ0n) is 12.3. The van der Waals surface area contributed by atoms with Gasteiger partial charge in [0.1, 0.15) is 0 Å². The lowest BCUT2D eigenvalue weighted by atomic mass is 10.1. The van der Waals surface area contributed by atoms with Gasteiger partial charge in [-0.3, -0.25) is 14.5 Å². The van der Waals surface area contributed by atoms with Gasteiger partial charge in [-0.15, -0.1) is 12.4 Å². The molecule has 0 radical (unpaired) electrons. The quantitative estimate of drug-likeness (QED) is 0.857. The summed E-state index contributed by atoms with van der Waals surface area (Å²) in [5, 5.41) is 12.5. The first-order valence-corrected chi connectivity index (χ1v) is 7.35. The van der Waals surface area contributed by atoms with Gasteiger partial charge in [0, 0.05) is 18.1 Å². The van der Waals surface area contributed by atoms with Crippen LogP contribution >= 0.6 is 24.0 Å². The van der Waals surface area contributed by atoms with E-state index in [0.29, 0.717) is 31.1 Å². The minimum Gasteiger partial charge on any atom is -0.481 e. The number of aliphatic carboxylic acids is 1. The van der Waals surface area contributed by atoms with Gasteiger partial charge in [-0.25, -0.2) is 0 Å². The van der Waals surface area contributed by atoms with E-state index in [2.05, 4.69) is 5.32 Å². The first-order valence-electron chi connectivity index (χ1n) is 6.97. The summed E-state index contributed by atoms with van der Waals surface area (Å²) in [4.78, 5) is 25.0. The number of benzene rings is 1. The highest BCUT2D eigenvalue weighted by atomic mass is 35.5. The lowest BCUT2D eigenvalue weighted by Crippen LogP contribution is -2.44. The number of hydrogen-bond acceptors (Lipinski definition) is 3. The number of likely N-dealkylation sites (tertiary alicyclic amines) is 1. The van der Waals surface area contributed by atoms with Gasteiger partial charge in [0.2, 0.25) is 5.91 Å². The number of nitrogens with one attached hydrogen (secondary N) is 1. The average molecular weight is 347 g/mol. The summed E-state index contributed by atoms with van der Waals surface area (Å²) in [7, 11) is 0. The smallest absolute Gasteiger partial charge is 0.307 e. The van der Waals surface area contributed by atoms with Crippen LogP contribution in [-0.2, 0) is 16.1 Å². The van der Waals surface area contributed by atoms with Gasteiger partial charge in [0.25, 0.3) is 0 Å². The normalized spacial score (nSPS) is 19.3. The SMILES string of the molecule is CC(C(=O)NCc1ccccc1Cl)N1CCC(C(=O)O)C1.Cl. The fourth-order valence-corrected chi connectivity index (χ4v) is 2.68. The largest absolute Gasteiger partial charge is 0.481 e.